The molecule has 2 aliphatic heterocycles. The summed E-state index contributed by atoms with van der Waals surface area (Å²) in [6.45, 7) is 11.2. The molecule has 21 heavy (non-hydrogen) atoms. The molecule has 122 valence electrons. The molecule has 2 saturated heterocycles. The van der Waals surface area contributed by atoms with Crippen molar-refractivity contribution in [3.63, 3.8) is 0 Å². The first kappa shape index (κ1) is 15.8. The molecule has 3 rings (SSSR count). The molecule has 0 radical (unpaired) electrons. The Hall–Kier alpha value is -0.120. The van der Waals surface area contributed by atoms with Crippen LogP contribution in [-0.4, -0.2) is 60.6 Å². The highest BCUT2D eigenvalue weighted by Gasteiger charge is 2.32. The lowest BCUT2D eigenvalue weighted by molar-refractivity contribution is 0.0155. The molecule has 3 heteroatoms. The number of rotatable bonds is 4. The summed E-state index contributed by atoms with van der Waals surface area (Å²) < 4.78 is 0. The topological polar surface area (TPSA) is 18.5 Å². The van der Waals surface area contributed by atoms with E-state index in [2.05, 4.69) is 29.0 Å². The maximum atomic E-state index is 3.84. The second-order valence-electron chi connectivity index (χ2n) is 7.91. The first-order valence-corrected chi connectivity index (χ1v) is 9.44. The van der Waals surface area contributed by atoms with E-state index in [1.165, 1.54) is 77.7 Å². The van der Waals surface area contributed by atoms with Gasteiger partial charge in [-0.25, -0.2) is 0 Å². The van der Waals surface area contributed by atoms with Crippen LogP contribution in [0.5, 0.6) is 0 Å². The molecule has 0 aromatic heterocycles. The lowest BCUT2D eigenvalue weighted by Gasteiger charge is -2.47. The monoisotopic (exact) mass is 293 g/mol. The average Bonchev–Trinajstić information content (AvgIpc) is 2.48. The molecule has 2 heterocycles. The molecule has 0 aromatic carbocycles. The van der Waals surface area contributed by atoms with Gasteiger partial charge in [0.25, 0.3) is 0 Å². The van der Waals surface area contributed by atoms with Gasteiger partial charge < -0.3 is 5.32 Å². The Morgan fingerprint density at radius 1 is 1.00 bits per heavy atom. The van der Waals surface area contributed by atoms with Crippen LogP contribution in [0.25, 0.3) is 0 Å². The summed E-state index contributed by atoms with van der Waals surface area (Å²) in [6, 6.07) is 2.39. The Morgan fingerprint density at radius 2 is 1.90 bits per heavy atom. The zero-order valence-electron chi connectivity index (χ0n) is 14.2. The van der Waals surface area contributed by atoms with E-state index in [0.29, 0.717) is 0 Å². The van der Waals surface area contributed by atoms with Crippen molar-refractivity contribution in [3.05, 3.63) is 0 Å². The molecule has 3 fully saturated rings. The van der Waals surface area contributed by atoms with Crippen LogP contribution in [0.15, 0.2) is 0 Å². The van der Waals surface area contributed by atoms with Crippen LogP contribution in [0.4, 0.5) is 0 Å². The molecule has 3 nitrogen and oxygen atoms in total. The summed E-state index contributed by atoms with van der Waals surface area (Å²) in [7, 11) is 0. The predicted octanol–water partition coefficient (Wildman–Crippen LogP) is 2.71. The van der Waals surface area contributed by atoms with E-state index in [-0.39, 0.29) is 0 Å². The third-order valence-electron chi connectivity index (χ3n) is 6.08. The number of fused-ring (bicyclic) bond motifs is 1. The molecule has 0 spiro atoms. The highest BCUT2D eigenvalue weighted by Crippen LogP contribution is 2.25. The highest BCUT2D eigenvalue weighted by molar-refractivity contribution is 4.89. The predicted molar refractivity (Wildman–Crippen MR) is 89.7 cm³/mol. The Kier molecular flexibility index (Phi) is 5.58. The van der Waals surface area contributed by atoms with E-state index in [9.17, 15) is 0 Å². The van der Waals surface area contributed by atoms with Gasteiger partial charge in [0.1, 0.15) is 0 Å². The highest BCUT2D eigenvalue weighted by atomic mass is 15.3. The Labute approximate surface area is 131 Å². The van der Waals surface area contributed by atoms with Crippen molar-refractivity contribution in [2.45, 2.75) is 76.9 Å². The molecule has 4 unspecified atom stereocenters. The summed E-state index contributed by atoms with van der Waals surface area (Å²) in [5.74, 6) is 0.931. The van der Waals surface area contributed by atoms with Crippen molar-refractivity contribution in [2.75, 3.05) is 32.7 Å². The fraction of sp³-hybridized carbons (Fsp3) is 1.00. The minimum Gasteiger partial charge on any atom is -0.313 e. The van der Waals surface area contributed by atoms with Gasteiger partial charge in [0.05, 0.1) is 0 Å². The summed E-state index contributed by atoms with van der Waals surface area (Å²) in [6.07, 6.45) is 9.96. The molecule has 1 aliphatic carbocycles. The van der Waals surface area contributed by atoms with Gasteiger partial charge in [0.2, 0.25) is 0 Å². The number of piperidine rings is 1. The van der Waals surface area contributed by atoms with Crippen LogP contribution < -0.4 is 5.32 Å². The summed E-state index contributed by atoms with van der Waals surface area (Å²) in [5.41, 5.74) is 0. The van der Waals surface area contributed by atoms with Crippen molar-refractivity contribution < 1.29 is 0 Å². The van der Waals surface area contributed by atoms with E-state index in [1.54, 1.807) is 0 Å². The Balaban J connectivity index is 1.40. The van der Waals surface area contributed by atoms with Gasteiger partial charge in [0.15, 0.2) is 0 Å². The van der Waals surface area contributed by atoms with Crippen molar-refractivity contribution >= 4 is 0 Å². The van der Waals surface area contributed by atoms with E-state index < -0.39 is 0 Å². The van der Waals surface area contributed by atoms with Crippen LogP contribution in [-0.2, 0) is 0 Å². The smallest absolute Gasteiger partial charge is 0.0223 e. The second-order valence-corrected chi connectivity index (χ2v) is 7.91. The van der Waals surface area contributed by atoms with Crippen LogP contribution in [0.1, 0.15) is 58.8 Å². The molecular weight excluding hydrogens is 258 g/mol. The number of nitrogens with zero attached hydrogens (tertiary/aromatic N) is 2. The molecule has 3 aliphatic rings. The number of nitrogens with one attached hydrogen (secondary N) is 1. The van der Waals surface area contributed by atoms with E-state index in [4.69, 9.17) is 0 Å². The second kappa shape index (κ2) is 7.43. The van der Waals surface area contributed by atoms with Gasteiger partial charge in [-0.1, -0.05) is 26.2 Å². The zero-order chi connectivity index (χ0) is 14.7. The minimum absolute atomic E-state index is 0.742. The van der Waals surface area contributed by atoms with Gasteiger partial charge in [-0.2, -0.15) is 0 Å². The van der Waals surface area contributed by atoms with Gasteiger partial charge >= 0.3 is 0 Å². The first-order valence-electron chi connectivity index (χ1n) is 9.44. The number of hydrogen-bond acceptors (Lipinski definition) is 3. The van der Waals surface area contributed by atoms with Crippen molar-refractivity contribution in [1.82, 2.24) is 15.1 Å². The maximum Gasteiger partial charge on any atom is 0.0223 e. The Bertz CT molecular complexity index is 320. The van der Waals surface area contributed by atoms with Gasteiger partial charge in [-0.3, -0.25) is 9.80 Å². The lowest BCUT2D eigenvalue weighted by atomic mass is 9.87. The van der Waals surface area contributed by atoms with Crippen molar-refractivity contribution in [1.29, 1.82) is 0 Å². The number of piperazine rings is 1. The third kappa shape index (κ3) is 4.20. The standard InChI is InChI=1S/C18H35N3/c1-15-6-5-7-17(12-15)19-9-11-20-14-18-8-3-4-10-21(18)13-16(20)2/h15-19H,3-14H2,1-2H3. The average molecular weight is 293 g/mol. The molecule has 1 N–H and O–H groups in total. The van der Waals surface area contributed by atoms with E-state index in [1.807, 2.05) is 0 Å². The Morgan fingerprint density at radius 3 is 2.76 bits per heavy atom. The fourth-order valence-electron chi connectivity index (χ4n) is 4.76. The molecule has 0 aromatic rings. The van der Waals surface area contributed by atoms with Gasteiger partial charge in [-0.15, -0.1) is 0 Å². The summed E-state index contributed by atoms with van der Waals surface area (Å²) in [5, 5.41) is 3.84. The SMILES string of the molecule is CC1CCCC(NCCN2CC3CCCCN3CC2C)C1. The van der Waals surface area contributed by atoms with E-state index in [0.717, 1.165) is 24.0 Å². The maximum absolute atomic E-state index is 3.84. The molecule has 0 bridgehead atoms. The molecule has 0 amide bonds. The van der Waals surface area contributed by atoms with Gasteiger partial charge in [0, 0.05) is 44.3 Å². The zero-order valence-corrected chi connectivity index (χ0v) is 14.2. The van der Waals surface area contributed by atoms with Crippen LogP contribution >= 0.6 is 0 Å². The quantitative estimate of drug-likeness (QED) is 0.860. The first-order chi connectivity index (χ1) is 10.2. The molecular formula is C18H35N3. The normalized spacial score (nSPS) is 39.1. The van der Waals surface area contributed by atoms with Crippen molar-refractivity contribution in [2.24, 2.45) is 5.92 Å². The molecule has 4 atom stereocenters. The van der Waals surface area contributed by atoms with Crippen LogP contribution in [0.3, 0.4) is 0 Å². The van der Waals surface area contributed by atoms with Gasteiger partial charge in [-0.05, 0) is 45.1 Å². The van der Waals surface area contributed by atoms with Crippen molar-refractivity contribution in [3.8, 4) is 0 Å². The third-order valence-corrected chi connectivity index (χ3v) is 6.08. The van der Waals surface area contributed by atoms with Crippen LogP contribution in [0, 0.1) is 5.92 Å². The van der Waals surface area contributed by atoms with E-state index >= 15 is 0 Å². The lowest BCUT2D eigenvalue weighted by Crippen LogP contribution is -2.59. The fourth-order valence-corrected chi connectivity index (χ4v) is 4.76. The molecule has 1 saturated carbocycles. The summed E-state index contributed by atoms with van der Waals surface area (Å²) >= 11 is 0. The summed E-state index contributed by atoms with van der Waals surface area (Å²) in [4.78, 5) is 5.49. The largest absolute Gasteiger partial charge is 0.313 e. The van der Waals surface area contributed by atoms with Crippen LogP contribution in [0.2, 0.25) is 0 Å². The number of hydrogen-bond donors (Lipinski definition) is 1. The minimum atomic E-state index is 0.742.